The van der Waals surface area contributed by atoms with Gasteiger partial charge in [-0.15, -0.1) is 0 Å². The Labute approximate surface area is 119 Å². The molecule has 0 aliphatic carbocycles. The number of rotatable bonds is 7. The van der Waals surface area contributed by atoms with Crippen LogP contribution < -0.4 is 4.74 Å². The van der Waals surface area contributed by atoms with Crippen LogP contribution in [0.1, 0.15) is 35.8 Å². The second kappa shape index (κ2) is 6.89. The maximum atomic E-state index is 12.4. The minimum atomic E-state index is 0.0802. The fourth-order valence-corrected chi connectivity index (χ4v) is 2.20. The summed E-state index contributed by atoms with van der Waals surface area (Å²) in [7, 11) is 1.57. The van der Waals surface area contributed by atoms with Crippen molar-refractivity contribution in [3.8, 4) is 5.75 Å². The summed E-state index contributed by atoms with van der Waals surface area (Å²) in [5, 5.41) is 4.22. The first kappa shape index (κ1) is 14.3. The summed E-state index contributed by atoms with van der Waals surface area (Å²) < 4.78 is 6.98. The first-order valence-corrected chi connectivity index (χ1v) is 6.93. The van der Waals surface area contributed by atoms with E-state index >= 15 is 0 Å². The summed E-state index contributed by atoms with van der Waals surface area (Å²) >= 11 is 0. The van der Waals surface area contributed by atoms with Crippen molar-refractivity contribution in [1.82, 2.24) is 9.78 Å². The van der Waals surface area contributed by atoms with Gasteiger partial charge in [0.1, 0.15) is 5.69 Å². The summed E-state index contributed by atoms with van der Waals surface area (Å²) in [6.45, 7) is 2.79. The third kappa shape index (κ3) is 3.26. The van der Waals surface area contributed by atoms with Crippen LogP contribution in [0.4, 0.5) is 0 Å². The number of benzene rings is 1. The normalized spacial score (nSPS) is 10.5. The van der Waals surface area contributed by atoms with Gasteiger partial charge in [0.05, 0.1) is 13.3 Å². The standard InChI is InChI=1S/C16H20N2O2/c1-3-11-18-16(15(20-2)12-17-18)14(19)10-9-13-7-5-4-6-8-13/h4-8,12H,3,9-11H2,1-2H3. The fourth-order valence-electron chi connectivity index (χ4n) is 2.20. The smallest absolute Gasteiger partial charge is 0.185 e. The van der Waals surface area contributed by atoms with Gasteiger partial charge in [0.25, 0.3) is 0 Å². The Bertz CT molecular complexity index is 561. The molecule has 1 heterocycles. The highest BCUT2D eigenvalue weighted by molar-refractivity contribution is 5.97. The van der Waals surface area contributed by atoms with E-state index in [1.54, 1.807) is 18.0 Å². The molecule has 2 aromatic rings. The highest BCUT2D eigenvalue weighted by Gasteiger charge is 2.18. The molecular formula is C16H20N2O2. The third-order valence-corrected chi connectivity index (χ3v) is 3.21. The second-order valence-corrected chi connectivity index (χ2v) is 4.69. The molecule has 0 atom stereocenters. The van der Waals surface area contributed by atoms with Gasteiger partial charge in [0.15, 0.2) is 11.5 Å². The van der Waals surface area contributed by atoms with Gasteiger partial charge in [-0.2, -0.15) is 5.10 Å². The summed E-state index contributed by atoms with van der Waals surface area (Å²) in [6.07, 6.45) is 3.76. The zero-order valence-corrected chi connectivity index (χ0v) is 12.0. The molecule has 4 heteroatoms. The van der Waals surface area contributed by atoms with E-state index in [2.05, 4.69) is 12.0 Å². The van der Waals surface area contributed by atoms with Crippen molar-refractivity contribution in [3.05, 3.63) is 47.8 Å². The third-order valence-electron chi connectivity index (χ3n) is 3.21. The maximum absolute atomic E-state index is 12.4. The van der Waals surface area contributed by atoms with E-state index in [-0.39, 0.29) is 5.78 Å². The Morgan fingerprint density at radius 1 is 1.30 bits per heavy atom. The number of ketones is 1. The summed E-state index contributed by atoms with van der Waals surface area (Å²) in [5.41, 5.74) is 1.76. The van der Waals surface area contributed by atoms with E-state index < -0.39 is 0 Å². The molecule has 4 nitrogen and oxygen atoms in total. The van der Waals surface area contributed by atoms with E-state index in [1.165, 1.54) is 5.56 Å². The monoisotopic (exact) mass is 272 g/mol. The van der Waals surface area contributed by atoms with Crippen molar-refractivity contribution in [2.75, 3.05) is 7.11 Å². The molecule has 0 amide bonds. The highest BCUT2D eigenvalue weighted by atomic mass is 16.5. The molecule has 0 spiro atoms. The first-order valence-electron chi connectivity index (χ1n) is 6.93. The number of Topliss-reactive ketones (excluding diaryl/α,β-unsaturated/α-hetero) is 1. The number of hydrogen-bond acceptors (Lipinski definition) is 3. The van der Waals surface area contributed by atoms with Crippen LogP contribution in [0.5, 0.6) is 5.75 Å². The van der Waals surface area contributed by atoms with E-state index in [0.29, 0.717) is 17.9 Å². The Morgan fingerprint density at radius 2 is 2.05 bits per heavy atom. The SMILES string of the molecule is CCCn1ncc(OC)c1C(=O)CCc1ccccc1. The van der Waals surface area contributed by atoms with Crippen molar-refractivity contribution >= 4 is 5.78 Å². The average molecular weight is 272 g/mol. The molecule has 20 heavy (non-hydrogen) atoms. The van der Waals surface area contributed by atoms with Gasteiger partial charge in [-0.25, -0.2) is 0 Å². The van der Waals surface area contributed by atoms with Crippen molar-refractivity contribution in [2.45, 2.75) is 32.7 Å². The zero-order valence-electron chi connectivity index (χ0n) is 12.0. The lowest BCUT2D eigenvalue weighted by Gasteiger charge is -2.07. The molecular weight excluding hydrogens is 252 g/mol. The number of aromatic nitrogens is 2. The molecule has 0 bridgehead atoms. The van der Waals surface area contributed by atoms with Gasteiger partial charge in [-0.3, -0.25) is 9.48 Å². The van der Waals surface area contributed by atoms with Gasteiger partial charge >= 0.3 is 0 Å². The number of ether oxygens (including phenoxy) is 1. The molecule has 0 aliphatic rings. The van der Waals surface area contributed by atoms with Crippen molar-refractivity contribution in [1.29, 1.82) is 0 Å². The molecule has 0 saturated carbocycles. The molecule has 0 fully saturated rings. The van der Waals surface area contributed by atoms with Crippen LogP contribution in [0.25, 0.3) is 0 Å². The number of carbonyl (C=O) groups is 1. The Balaban J connectivity index is 2.10. The van der Waals surface area contributed by atoms with Crippen LogP contribution in [0, 0.1) is 0 Å². The molecule has 0 saturated heterocycles. The van der Waals surface area contributed by atoms with Crippen LogP contribution in [-0.2, 0) is 13.0 Å². The number of aryl methyl sites for hydroxylation is 2. The maximum Gasteiger partial charge on any atom is 0.185 e. The number of carbonyl (C=O) groups excluding carboxylic acids is 1. The number of methoxy groups -OCH3 is 1. The fraction of sp³-hybridized carbons (Fsp3) is 0.375. The average Bonchev–Trinajstić information content (AvgIpc) is 2.89. The van der Waals surface area contributed by atoms with Gasteiger partial charge in [0, 0.05) is 13.0 Å². The number of nitrogens with zero attached hydrogens (tertiary/aromatic N) is 2. The first-order chi connectivity index (χ1) is 9.76. The van der Waals surface area contributed by atoms with Crippen LogP contribution in [0.3, 0.4) is 0 Å². The molecule has 1 aromatic carbocycles. The van der Waals surface area contributed by atoms with Crippen LogP contribution in [0.15, 0.2) is 36.5 Å². The summed E-state index contributed by atoms with van der Waals surface area (Å²) in [6, 6.07) is 10.0. The minimum Gasteiger partial charge on any atom is -0.493 e. The van der Waals surface area contributed by atoms with E-state index in [9.17, 15) is 4.79 Å². The minimum absolute atomic E-state index is 0.0802. The Kier molecular flexibility index (Phi) is 4.93. The molecule has 0 aliphatic heterocycles. The molecule has 0 unspecified atom stereocenters. The van der Waals surface area contributed by atoms with Crippen LogP contribution >= 0.6 is 0 Å². The van der Waals surface area contributed by atoms with Gasteiger partial charge in [0.2, 0.25) is 0 Å². The van der Waals surface area contributed by atoms with Crippen LogP contribution in [0.2, 0.25) is 0 Å². The molecule has 0 N–H and O–H groups in total. The quantitative estimate of drug-likeness (QED) is 0.727. The molecule has 106 valence electrons. The van der Waals surface area contributed by atoms with E-state index in [1.807, 2.05) is 30.3 Å². The van der Waals surface area contributed by atoms with Gasteiger partial charge < -0.3 is 4.74 Å². The second-order valence-electron chi connectivity index (χ2n) is 4.69. The lowest BCUT2D eigenvalue weighted by atomic mass is 10.1. The van der Waals surface area contributed by atoms with Crippen LogP contribution in [-0.4, -0.2) is 22.7 Å². The summed E-state index contributed by atoms with van der Waals surface area (Å²) in [4.78, 5) is 12.4. The van der Waals surface area contributed by atoms with Gasteiger partial charge in [-0.05, 0) is 18.4 Å². The predicted octanol–water partition coefficient (Wildman–Crippen LogP) is 3.12. The topological polar surface area (TPSA) is 44.1 Å². The molecule has 2 rings (SSSR count). The van der Waals surface area contributed by atoms with Crippen molar-refractivity contribution < 1.29 is 9.53 Å². The predicted molar refractivity (Wildman–Crippen MR) is 78.2 cm³/mol. The van der Waals surface area contributed by atoms with Crippen molar-refractivity contribution in [3.63, 3.8) is 0 Å². The summed E-state index contributed by atoms with van der Waals surface area (Å²) in [5.74, 6) is 0.646. The molecule has 0 radical (unpaired) electrons. The number of hydrogen-bond donors (Lipinski definition) is 0. The Morgan fingerprint density at radius 3 is 2.70 bits per heavy atom. The zero-order chi connectivity index (χ0) is 14.4. The lowest BCUT2D eigenvalue weighted by Crippen LogP contribution is -2.12. The van der Waals surface area contributed by atoms with Gasteiger partial charge in [-0.1, -0.05) is 37.3 Å². The van der Waals surface area contributed by atoms with Crippen molar-refractivity contribution in [2.24, 2.45) is 0 Å². The largest absolute Gasteiger partial charge is 0.493 e. The van der Waals surface area contributed by atoms with E-state index in [4.69, 9.17) is 4.74 Å². The molecule has 1 aromatic heterocycles. The van der Waals surface area contributed by atoms with E-state index in [0.717, 1.165) is 19.4 Å². The lowest BCUT2D eigenvalue weighted by molar-refractivity contribution is 0.0969. The highest BCUT2D eigenvalue weighted by Crippen LogP contribution is 2.20. The Hall–Kier alpha value is -2.10.